The van der Waals surface area contributed by atoms with Gasteiger partial charge in [-0.15, -0.1) is 0 Å². The third-order valence-electron chi connectivity index (χ3n) is 4.56. The minimum atomic E-state index is 0.376. The second kappa shape index (κ2) is 7.95. The number of phenolic OH excluding ortho intramolecular Hbond substituents is 1. The molecule has 0 spiro atoms. The molecule has 1 aromatic heterocycles. The molecule has 4 nitrogen and oxygen atoms in total. The van der Waals surface area contributed by atoms with Crippen LogP contribution in [0.25, 0.3) is 22.2 Å². The molecule has 0 saturated carbocycles. The zero-order valence-corrected chi connectivity index (χ0v) is 14.3. The van der Waals surface area contributed by atoms with Gasteiger partial charge < -0.3 is 5.11 Å². The Balaban J connectivity index is 1.75. The molecule has 3 aromatic rings. The number of aromatic amines is 1. The van der Waals surface area contributed by atoms with Crippen LogP contribution in [0.2, 0.25) is 0 Å². The highest BCUT2D eigenvalue weighted by molar-refractivity contribution is 5.93. The predicted molar refractivity (Wildman–Crippen MR) is 98.1 cm³/mol. The summed E-state index contributed by atoms with van der Waals surface area (Å²) in [7, 11) is 0. The zero-order valence-electron chi connectivity index (χ0n) is 14.3. The van der Waals surface area contributed by atoms with Gasteiger partial charge in [-0.3, -0.25) is 0 Å². The molecule has 1 heterocycles. The van der Waals surface area contributed by atoms with Gasteiger partial charge in [-0.2, -0.15) is 15.4 Å². The lowest BCUT2D eigenvalue weighted by Crippen LogP contribution is -1.90. The number of rotatable bonds is 8. The van der Waals surface area contributed by atoms with Crippen molar-refractivity contribution in [2.75, 3.05) is 0 Å². The van der Waals surface area contributed by atoms with E-state index in [0.717, 1.165) is 40.6 Å². The van der Waals surface area contributed by atoms with Gasteiger partial charge in [0, 0.05) is 11.1 Å². The molecule has 0 unspecified atom stereocenters. The van der Waals surface area contributed by atoms with E-state index in [1.54, 1.807) is 0 Å². The van der Waals surface area contributed by atoms with E-state index in [2.05, 4.69) is 22.3 Å². The van der Waals surface area contributed by atoms with Crippen molar-refractivity contribution in [3.05, 3.63) is 42.0 Å². The minimum Gasteiger partial charge on any atom is -0.507 e. The van der Waals surface area contributed by atoms with Crippen LogP contribution in [0.3, 0.4) is 0 Å². The Bertz CT molecular complexity index is 794. The van der Waals surface area contributed by atoms with Crippen molar-refractivity contribution in [3.63, 3.8) is 0 Å². The van der Waals surface area contributed by atoms with Crippen molar-refractivity contribution in [3.8, 4) is 16.9 Å². The summed E-state index contributed by atoms with van der Waals surface area (Å²) in [4.78, 5) is 0. The fourth-order valence-electron chi connectivity index (χ4n) is 3.19. The molecule has 0 aliphatic heterocycles. The van der Waals surface area contributed by atoms with Gasteiger partial charge >= 0.3 is 0 Å². The lowest BCUT2D eigenvalue weighted by Gasteiger charge is -2.10. The molecular formula is C20H25N3O. The smallest absolute Gasteiger partial charge is 0.126 e. The maximum Gasteiger partial charge on any atom is 0.126 e. The highest BCUT2D eigenvalue weighted by atomic mass is 16.3. The number of nitrogens with zero attached hydrogens (tertiary/aromatic N) is 2. The number of para-hydroxylation sites is 2. The topological polar surface area (TPSA) is 61.8 Å². The first kappa shape index (κ1) is 16.5. The minimum absolute atomic E-state index is 0.376. The average Bonchev–Trinajstić information content (AvgIpc) is 3.08. The molecule has 0 aliphatic rings. The van der Waals surface area contributed by atoms with Gasteiger partial charge in [0.1, 0.15) is 16.8 Å². The summed E-state index contributed by atoms with van der Waals surface area (Å²) in [6.07, 6.45) is 8.46. The monoisotopic (exact) mass is 323 g/mol. The van der Waals surface area contributed by atoms with E-state index in [0.29, 0.717) is 5.75 Å². The Morgan fingerprint density at radius 3 is 2.50 bits per heavy atom. The molecule has 0 atom stereocenters. The van der Waals surface area contributed by atoms with Crippen molar-refractivity contribution in [2.24, 2.45) is 0 Å². The maximum absolute atomic E-state index is 10.7. The van der Waals surface area contributed by atoms with Crippen molar-refractivity contribution in [1.82, 2.24) is 15.4 Å². The number of phenols is 1. The molecule has 2 aromatic carbocycles. The van der Waals surface area contributed by atoms with Crippen LogP contribution in [0.15, 0.2) is 36.4 Å². The summed E-state index contributed by atoms with van der Waals surface area (Å²) < 4.78 is 0. The Kier molecular flexibility index (Phi) is 5.47. The summed E-state index contributed by atoms with van der Waals surface area (Å²) in [6, 6.07) is 11.8. The summed E-state index contributed by atoms with van der Waals surface area (Å²) in [5.41, 5.74) is 4.38. The quantitative estimate of drug-likeness (QED) is 0.558. The van der Waals surface area contributed by atoms with Gasteiger partial charge in [0.2, 0.25) is 0 Å². The van der Waals surface area contributed by atoms with E-state index >= 15 is 0 Å². The Labute approximate surface area is 142 Å². The molecule has 3 rings (SSSR count). The number of hydrogen-bond acceptors (Lipinski definition) is 3. The molecule has 24 heavy (non-hydrogen) atoms. The summed E-state index contributed by atoms with van der Waals surface area (Å²) in [5.74, 6) is 0.376. The van der Waals surface area contributed by atoms with E-state index in [-0.39, 0.29) is 0 Å². The van der Waals surface area contributed by atoms with Gasteiger partial charge in [-0.05, 0) is 24.5 Å². The zero-order chi connectivity index (χ0) is 16.8. The summed E-state index contributed by atoms with van der Waals surface area (Å²) in [5, 5.41) is 21.7. The molecule has 0 radical (unpaired) electrons. The van der Waals surface area contributed by atoms with Crippen LogP contribution in [0.5, 0.6) is 5.75 Å². The van der Waals surface area contributed by atoms with Crippen LogP contribution in [-0.2, 0) is 6.42 Å². The number of hydrogen-bond donors (Lipinski definition) is 2. The molecule has 126 valence electrons. The second-order valence-corrected chi connectivity index (χ2v) is 6.33. The van der Waals surface area contributed by atoms with Crippen LogP contribution in [0.4, 0.5) is 0 Å². The SMILES string of the molecule is CCCCCCCCc1cccc(-c2cccc3n[nH]nc23)c1O. The predicted octanol–water partition coefficient (Wildman–Crippen LogP) is 5.23. The molecule has 0 bridgehead atoms. The first-order valence-electron chi connectivity index (χ1n) is 8.92. The van der Waals surface area contributed by atoms with E-state index in [4.69, 9.17) is 0 Å². The number of nitrogens with one attached hydrogen (secondary N) is 1. The Morgan fingerprint density at radius 1 is 0.875 bits per heavy atom. The third kappa shape index (κ3) is 3.58. The van der Waals surface area contributed by atoms with Crippen LogP contribution < -0.4 is 0 Å². The second-order valence-electron chi connectivity index (χ2n) is 6.33. The highest BCUT2D eigenvalue weighted by Gasteiger charge is 2.13. The number of unbranched alkanes of at least 4 members (excludes halogenated alkanes) is 5. The average molecular weight is 323 g/mol. The standard InChI is InChI=1S/C20H25N3O/c1-2-3-4-5-6-7-10-15-11-8-13-17(20(15)24)16-12-9-14-18-19(16)22-23-21-18/h8-9,11-14,24H,2-7,10H2,1H3,(H,21,22,23). The maximum atomic E-state index is 10.7. The van der Waals surface area contributed by atoms with Crippen LogP contribution in [-0.4, -0.2) is 20.5 Å². The molecule has 0 aliphatic carbocycles. The summed E-state index contributed by atoms with van der Waals surface area (Å²) in [6.45, 7) is 2.24. The van der Waals surface area contributed by atoms with Crippen molar-refractivity contribution in [1.29, 1.82) is 0 Å². The number of H-pyrrole nitrogens is 1. The molecule has 2 N–H and O–H groups in total. The lowest BCUT2D eigenvalue weighted by molar-refractivity contribution is 0.468. The number of aryl methyl sites for hydroxylation is 1. The van der Waals surface area contributed by atoms with Crippen molar-refractivity contribution < 1.29 is 5.11 Å². The first-order valence-corrected chi connectivity index (χ1v) is 8.92. The van der Waals surface area contributed by atoms with Gasteiger partial charge in [-0.25, -0.2) is 0 Å². The molecule has 0 saturated heterocycles. The third-order valence-corrected chi connectivity index (χ3v) is 4.56. The van der Waals surface area contributed by atoms with E-state index in [1.807, 2.05) is 36.4 Å². The number of aromatic nitrogens is 3. The van der Waals surface area contributed by atoms with Gasteiger partial charge in [0.25, 0.3) is 0 Å². The van der Waals surface area contributed by atoms with Crippen LogP contribution in [0, 0.1) is 0 Å². The number of aromatic hydroxyl groups is 1. The first-order chi connectivity index (χ1) is 11.8. The van der Waals surface area contributed by atoms with E-state index in [1.165, 1.54) is 32.1 Å². The largest absolute Gasteiger partial charge is 0.507 e. The lowest BCUT2D eigenvalue weighted by atomic mass is 9.97. The van der Waals surface area contributed by atoms with Crippen LogP contribution >= 0.6 is 0 Å². The van der Waals surface area contributed by atoms with Crippen molar-refractivity contribution >= 4 is 11.0 Å². The molecular weight excluding hydrogens is 298 g/mol. The van der Waals surface area contributed by atoms with E-state index in [9.17, 15) is 5.11 Å². The van der Waals surface area contributed by atoms with Gasteiger partial charge in [-0.1, -0.05) is 69.4 Å². The summed E-state index contributed by atoms with van der Waals surface area (Å²) >= 11 is 0. The van der Waals surface area contributed by atoms with Crippen LogP contribution in [0.1, 0.15) is 51.0 Å². The fourth-order valence-corrected chi connectivity index (χ4v) is 3.19. The Hall–Kier alpha value is -2.36. The normalized spacial score (nSPS) is 11.2. The number of benzene rings is 2. The van der Waals surface area contributed by atoms with E-state index < -0.39 is 0 Å². The molecule has 0 amide bonds. The highest BCUT2D eigenvalue weighted by Crippen LogP contribution is 2.35. The molecule has 0 fully saturated rings. The molecule has 4 heteroatoms. The van der Waals surface area contributed by atoms with Gasteiger partial charge in [0.15, 0.2) is 0 Å². The van der Waals surface area contributed by atoms with Crippen molar-refractivity contribution in [2.45, 2.75) is 51.9 Å². The van der Waals surface area contributed by atoms with Gasteiger partial charge in [0.05, 0.1) is 0 Å². The Morgan fingerprint density at radius 2 is 1.62 bits per heavy atom. The fraction of sp³-hybridized carbons (Fsp3) is 0.400. The number of fused-ring (bicyclic) bond motifs is 1.